The lowest BCUT2D eigenvalue weighted by molar-refractivity contribution is 0.620. The largest absolute Gasteiger partial charge is 0.228 e. The van der Waals surface area contributed by atoms with E-state index in [0.717, 1.165) is 5.56 Å². The Morgan fingerprint density at radius 2 is 1.71 bits per heavy atom. The highest BCUT2D eigenvalue weighted by molar-refractivity contribution is 6.34. The molecule has 0 fully saturated rings. The molecule has 5 heteroatoms. The van der Waals surface area contributed by atoms with Crippen LogP contribution in [0.4, 0.5) is 8.78 Å². The first-order valence-corrected chi connectivity index (χ1v) is 6.73. The molecule has 0 bridgehead atoms. The highest BCUT2D eigenvalue weighted by atomic mass is 35.5. The second kappa shape index (κ2) is 5.04. The first kappa shape index (κ1) is 13.9. The molecule has 2 nitrogen and oxygen atoms in total. The number of benzene rings is 2. The van der Waals surface area contributed by atoms with Crippen molar-refractivity contribution in [2.45, 2.75) is 13.8 Å². The van der Waals surface area contributed by atoms with E-state index in [4.69, 9.17) is 11.6 Å². The fraction of sp³-hybridized carbons (Fsp3) is 0.125. The summed E-state index contributed by atoms with van der Waals surface area (Å²) in [6.45, 7) is 3.47. The summed E-state index contributed by atoms with van der Waals surface area (Å²) < 4.78 is 27.1. The second-order valence-corrected chi connectivity index (χ2v) is 5.27. The van der Waals surface area contributed by atoms with Gasteiger partial charge in [-0.05, 0) is 43.2 Å². The highest BCUT2D eigenvalue weighted by Crippen LogP contribution is 2.28. The molecule has 0 radical (unpaired) electrons. The molecule has 21 heavy (non-hydrogen) atoms. The van der Waals surface area contributed by atoms with Gasteiger partial charge >= 0.3 is 0 Å². The van der Waals surface area contributed by atoms with Crippen LogP contribution in [0, 0.1) is 25.5 Å². The summed E-state index contributed by atoms with van der Waals surface area (Å²) in [5.41, 5.74) is 2.23. The third kappa shape index (κ3) is 2.47. The first-order valence-electron chi connectivity index (χ1n) is 6.35. The molecule has 0 aliphatic carbocycles. The fourth-order valence-electron chi connectivity index (χ4n) is 2.18. The summed E-state index contributed by atoms with van der Waals surface area (Å²) in [5, 5.41) is 0.801. The van der Waals surface area contributed by atoms with Crippen molar-refractivity contribution in [1.82, 2.24) is 9.97 Å². The normalized spacial score (nSPS) is 11.1. The number of halogens is 3. The van der Waals surface area contributed by atoms with Gasteiger partial charge in [0.05, 0.1) is 5.52 Å². The van der Waals surface area contributed by atoms with Crippen LogP contribution in [0.1, 0.15) is 11.1 Å². The molecule has 0 N–H and O–H groups in total. The quantitative estimate of drug-likeness (QED) is 0.601. The molecule has 0 amide bonds. The lowest BCUT2D eigenvalue weighted by atomic mass is 10.1. The Kier molecular flexibility index (Phi) is 3.33. The van der Waals surface area contributed by atoms with Crippen molar-refractivity contribution in [3.05, 3.63) is 58.2 Å². The predicted molar refractivity (Wildman–Crippen MR) is 79.4 cm³/mol. The summed E-state index contributed by atoms with van der Waals surface area (Å²) in [5.74, 6) is -0.461. The highest BCUT2D eigenvalue weighted by Gasteiger charge is 2.12. The number of hydrogen-bond donors (Lipinski definition) is 0. The predicted octanol–water partition coefficient (Wildman–Crippen LogP) is 4.85. The van der Waals surface area contributed by atoms with Crippen molar-refractivity contribution in [3.8, 4) is 11.4 Å². The zero-order chi connectivity index (χ0) is 15.1. The summed E-state index contributed by atoms with van der Waals surface area (Å²) in [7, 11) is 0. The Balaban J connectivity index is 2.30. The molecule has 2 aromatic carbocycles. The Morgan fingerprint density at radius 3 is 2.48 bits per heavy atom. The molecule has 3 aromatic rings. The van der Waals surface area contributed by atoms with E-state index in [1.807, 2.05) is 6.92 Å². The minimum absolute atomic E-state index is 0.224. The monoisotopic (exact) mass is 304 g/mol. The van der Waals surface area contributed by atoms with Gasteiger partial charge in [0.25, 0.3) is 0 Å². The standard InChI is InChI=1S/C16H11ClF2N2/c1-8-3-4-10(18)6-11(8)16-20-14-7-13(19)9(2)5-12(14)15(17)21-16/h3-7H,1-2H3. The van der Waals surface area contributed by atoms with Gasteiger partial charge < -0.3 is 0 Å². The van der Waals surface area contributed by atoms with Crippen LogP contribution in [-0.4, -0.2) is 9.97 Å². The van der Waals surface area contributed by atoms with E-state index >= 15 is 0 Å². The molecule has 1 heterocycles. The lowest BCUT2D eigenvalue weighted by Gasteiger charge is -2.08. The van der Waals surface area contributed by atoms with Gasteiger partial charge in [0.1, 0.15) is 16.8 Å². The third-order valence-corrected chi connectivity index (χ3v) is 3.66. The van der Waals surface area contributed by atoms with Gasteiger partial charge in [-0.15, -0.1) is 0 Å². The SMILES string of the molecule is Cc1cc2c(Cl)nc(-c3cc(F)ccc3C)nc2cc1F. The van der Waals surface area contributed by atoms with Gasteiger partial charge in [-0.1, -0.05) is 17.7 Å². The van der Waals surface area contributed by atoms with Crippen molar-refractivity contribution >= 4 is 22.5 Å². The topological polar surface area (TPSA) is 25.8 Å². The van der Waals surface area contributed by atoms with Gasteiger partial charge in [-0.2, -0.15) is 0 Å². The van der Waals surface area contributed by atoms with Crippen molar-refractivity contribution in [2.75, 3.05) is 0 Å². The number of aromatic nitrogens is 2. The van der Waals surface area contributed by atoms with Crippen molar-refractivity contribution in [3.63, 3.8) is 0 Å². The first-order chi connectivity index (χ1) is 9.95. The molecule has 0 saturated carbocycles. The molecule has 0 aliphatic rings. The van der Waals surface area contributed by atoms with Gasteiger partial charge in [-0.3, -0.25) is 0 Å². The van der Waals surface area contributed by atoms with Crippen LogP contribution in [0.2, 0.25) is 5.15 Å². The van der Waals surface area contributed by atoms with Gasteiger partial charge in [-0.25, -0.2) is 18.7 Å². The van der Waals surface area contributed by atoms with E-state index < -0.39 is 0 Å². The number of fused-ring (bicyclic) bond motifs is 1. The summed E-state index contributed by atoms with van der Waals surface area (Å²) in [4.78, 5) is 8.52. The van der Waals surface area contributed by atoms with Gasteiger partial charge in [0.15, 0.2) is 5.82 Å². The van der Waals surface area contributed by atoms with Crippen LogP contribution in [0.25, 0.3) is 22.3 Å². The van der Waals surface area contributed by atoms with E-state index in [2.05, 4.69) is 9.97 Å². The van der Waals surface area contributed by atoms with E-state index in [1.54, 1.807) is 19.1 Å². The molecule has 0 atom stereocenters. The third-order valence-electron chi connectivity index (χ3n) is 3.37. The van der Waals surface area contributed by atoms with Crippen LogP contribution < -0.4 is 0 Å². The Morgan fingerprint density at radius 1 is 0.952 bits per heavy atom. The molecule has 0 aliphatic heterocycles. The van der Waals surface area contributed by atoms with Crippen molar-refractivity contribution in [1.29, 1.82) is 0 Å². The van der Waals surface area contributed by atoms with E-state index in [0.29, 0.717) is 22.0 Å². The molecular weight excluding hydrogens is 294 g/mol. The maximum absolute atomic E-state index is 13.7. The second-order valence-electron chi connectivity index (χ2n) is 4.92. The summed E-state index contributed by atoms with van der Waals surface area (Å²) in [6.07, 6.45) is 0. The molecule has 0 unspecified atom stereocenters. The van der Waals surface area contributed by atoms with Crippen LogP contribution in [0.3, 0.4) is 0 Å². The number of nitrogens with zero attached hydrogens (tertiary/aromatic N) is 2. The zero-order valence-corrected chi connectivity index (χ0v) is 12.2. The van der Waals surface area contributed by atoms with Gasteiger partial charge in [0, 0.05) is 17.0 Å². The Hall–Kier alpha value is -2.07. The van der Waals surface area contributed by atoms with Crippen molar-refractivity contribution in [2.24, 2.45) is 0 Å². The summed E-state index contributed by atoms with van der Waals surface area (Å²) in [6, 6.07) is 7.27. The fourth-order valence-corrected chi connectivity index (χ4v) is 2.41. The molecule has 0 saturated heterocycles. The number of hydrogen-bond acceptors (Lipinski definition) is 2. The lowest BCUT2D eigenvalue weighted by Crippen LogP contribution is -1.96. The van der Waals surface area contributed by atoms with Crippen molar-refractivity contribution < 1.29 is 8.78 Å². The van der Waals surface area contributed by atoms with E-state index in [9.17, 15) is 8.78 Å². The smallest absolute Gasteiger partial charge is 0.161 e. The van der Waals surface area contributed by atoms with Crippen LogP contribution in [-0.2, 0) is 0 Å². The average molecular weight is 305 g/mol. The van der Waals surface area contributed by atoms with E-state index in [1.165, 1.54) is 18.2 Å². The number of aryl methyl sites for hydroxylation is 2. The van der Waals surface area contributed by atoms with Crippen LogP contribution in [0.5, 0.6) is 0 Å². The minimum atomic E-state index is -0.384. The average Bonchev–Trinajstić information content (AvgIpc) is 2.43. The molecule has 106 valence electrons. The van der Waals surface area contributed by atoms with Crippen LogP contribution >= 0.6 is 11.6 Å². The number of rotatable bonds is 1. The molecular formula is C16H11ClF2N2. The minimum Gasteiger partial charge on any atom is -0.228 e. The zero-order valence-electron chi connectivity index (χ0n) is 11.4. The van der Waals surface area contributed by atoms with Crippen LogP contribution in [0.15, 0.2) is 30.3 Å². The summed E-state index contributed by atoms with van der Waals surface area (Å²) >= 11 is 6.16. The van der Waals surface area contributed by atoms with E-state index in [-0.39, 0.29) is 22.6 Å². The maximum atomic E-state index is 13.7. The Labute approximate surface area is 125 Å². The van der Waals surface area contributed by atoms with Gasteiger partial charge in [0.2, 0.25) is 0 Å². The molecule has 1 aromatic heterocycles. The Bertz CT molecular complexity index is 863. The maximum Gasteiger partial charge on any atom is 0.161 e. The molecule has 0 spiro atoms. The molecule has 3 rings (SSSR count).